The van der Waals surface area contributed by atoms with Gasteiger partial charge in [-0.2, -0.15) is 5.06 Å². The lowest BCUT2D eigenvalue weighted by Gasteiger charge is -2.06. The van der Waals surface area contributed by atoms with Gasteiger partial charge in [0, 0.05) is 12.8 Å². The number of carbonyl (C=O) groups excluding carboxylic acids is 3. The minimum atomic E-state index is -0.947. The summed E-state index contributed by atoms with van der Waals surface area (Å²) in [6, 6.07) is 0. The van der Waals surface area contributed by atoms with E-state index in [4.69, 9.17) is 5.21 Å². The zero-order valence-electron chi connectivity index (χ0n) is 11.6. The third kappa shape index (κ3) is 4.74. The van der Waals surface area contributed by atoms with E-state index in [1.807, 2.05) is 0 Å². The van der Waals surface area contributed by atoms with Crippen molar-refractivity contribution in [2.24, 2.45) is 5.92 Å². The first kappa shape index (κ1) is 15.8. The molecule has 1 aliphatic heterocycles. The number of imide groups is 1. The van der Waals surface area contributed by atoms with Gasteiger partial charge in [0.15, 0.2) is 0 Å². The van der Waals surface area contributed by atoms with Gasteiger partial charge in [-0.15, -0.1) is 0 Å². The summed E-state index contributed by atoms with van der Waals surface area (Å²) >= 11 is 0. The van der Waals surface area contributed by atoms with Gasteiger partial charge in [-0.1, -0.05) is 45.4 Å². The lowest BCUT2D eigenvalue weighted by molar-refractivity contribution is -0.172. The first-order valence-electron chi connectivity index (χ1n) is 7.16. The minimum absolute atomic E-state index is 0.0767. The van der Waals surface area contributed by atoms with Crippen LogP contribution < -0.4 is 0 Å². The Hall–Kier alpha value is -1.23. The van der Waals surface area contributed by atoms with Gasteiger partial charge in [0.1, 0.15) is 11.7 Å². The molecule has 0 radical (unpaired) electrons. The molecule has 5 nitrogen and oxygen atoms in total. The lowest BCUT2D eigenvalue weighted by atomic mass is 9.97. The highest BCUT2D eigenvalue weighted by Gasteiger charge is 2.41. The molecule has 5 heteroatoms. The van der Waals surface area contributed by atoms with E-state index in [2.05, 4.69) is 6.92 Å². The van der Waals surface area contributed by atoms with Gasteiger partial charge in [-0.05, 0) is 6.42 Å². The molecule has 0 aromatic carbocycles. The summed E-state index contributed by atoms with van der Waals surface area (Å²) in [7, 11) is 0. The lowest BCUT2D eigenvalue weighted by Crippen LogP contribution is -2.29. The molecule has 0 aliphatic carbocycles. The second-order valence-corrected chi connectivity index (χ2v) is 5.14. The van der Waals surface area contributed by atoms with Crippen molar-refractivity contribution in [2.75, 3.05) is 0 Å². The molecule has 0 saturated carbocycles. The van der Waals surface area contributed by atoms with Gasteiger partial charge in [0.2, 0.25) is 0 Å². The molecular formula is C14H23NO4. The minimum Gasteiger partial charge on any atom is -0.299 e. The Morgan fingerprint density at radius 3 is 2.26 bits per heavy atom. The first-order chi connectivity index (χ1) is 9.07. The molecule has 1 aliphatic rings. The van der Waals surface area contributed by atoms with E-state index < -0.39 is 17.7 Å². The molecule has 0 aromatic heterocycles. The Labute approximate surface area is 113 Å². The van der Waals surface area contributed by atoms with Gasteiger partial charge in [-0.25, -0.2) is 0 Å². The van der Waals surface area contributed by atoms with Crippen molar-refractivity contribution in [1.29, 1.82) is 0 Å². The summed E-state index contributed by atoms with van der Waals surface area (Å²) in [5.74, 6) is -2.61. The van der Waals surface area contributed by atoms with Crippen LogP contribution in [0, 0.1) is 5.92 Å². The number of hydroxylamine groups is 2. The Bertz CT molecular complexity index is 340. The van der Waals surface area contributed by atoms with Crippen molar-refractivity contribution in [2.45, 2.75) is 64.7 Å². The molecular weight excluding hydrogens is 246 g/mol. The van der Waals surface area contributed by atoms with Gasteiger partial charge < -0.3 is 0 Å². The van der Waals surface area contributed by atoms with Crippen LogP contribution in [-0.4, -0.2) is 27.9 Å². The quantitative estimate of drug-likeness (QED) is 0.302. The van der Waals surface area contributed by atoms with Gasteiger partial charge >= 0.3 is 0 Å². The highest BCUT2D eigenvalue weighted by molar-refractivity contribution is 6.13. The molecule has 1 rings (SSSR count). The zero-order chi connectivity index (χ0) is 14.3. The molecule has 1 atom stereocenters. The van der Waals surface area contributed by atoms with Crippen molar-refractivity contribution in [3.63, 3.8) is 0 Å². The summed E-state index contributed by atoms with van der Waals surface area (Å²) < 4.78 is 0. The number of hydrogen-bond acceptors (Lipinski definition) is 4. The monoisotopic (exact) mass is 269 g/mol. The average Bonchev–Trinajstić information content (AvgIpc) is 2.65. The fraction of sp³-hybridized carbons (Fsp3) is 0.786. The molecule has 0 spiro atoms. The highest BCUT2D eigenvalue weighted by atomic mass is 16.5. The molecule has 1 heterocycles. The van der Waals surface area contributed by atoms with Crippen molar-refractivity contribution >= 4 is 17.6 Å². The first-order valence-corrected chi connectivity index (χ1v) is 7.16. The fourth-order valence-electron chi connectivity index (χ4n) is 2.30. The number of nitrogens with zero attached hydrogens (tertiary/aromatic N) is 1. The Morgan fingerprint density at radius 2 is 1.74 bits per heavy atom. The van der Waals surface area contributed by atoms with Crippen LogP contribution in [0.15, 0.2) is 0 Å². The van der Waals surface area contributed by atoms with E-state index in [0.29, 0.717) is 6.42 Å². The maximum atomic E-state index is 11.8. The van der Waals surface area contributed by atoms with Gasteiger partial charge in [-0.3, -0.25) is 19.6 Å². The number of rotatable bonds is 9. The SMILES string of the molecule is CCCCCCCCCC(=O)C1CC(=O)N(O)C1=O. The van der Waals surface area contributed by atoms with E-state index in [-0.39, 0.29) is 17.3 Å². The van der Waals surface area contributed by atoms with Gasteiger partial charge in [0.25, 0.3) is 11.8 Å². The van der Waals surface area contributed by atoms with Crippen molar-refractivity contribution in [3.05, 3.63) is 0 Å². The predicted octanol–water partition coefficient (Wildman–Crippen LogP) is 2.46. The second kappa shape index (κ2) is 8.04. The van der Waals surface area contributed by atoms with E-state index in [1.54, 1.807) is 0 Å². The van der Waals surface area contributed by atoms with Crippen LogP contribution in [0.2, 0.25) is 0 Å². The largest absolute Gasteiger partial charge is 0.299 e. The molecule has 0 bridgehead atoms. The van der Waals surface area contributed by atoms with Crippen LogP contribution in [0.1, 0.15) is 64.7 Å². The number of unbranched alkanes of at least 4 members (excludes halogenated alkanes) is 6. The Morgan fingerprint density at radius 1 is 1.16 bits per heavy atom. The number of ketones is 1. The number of carbonyl (C=O) groups is 3. The molecule has 0 aromatic rings. The fourth-order valence-corrected chi connectivity index (χ4v) is 2.30. The van der Waals surface area contributed by atoms with Crippen molar-refractivity contribution < 1.29 is 19.6 Å². The Kier molecular flexibility index (Phi) is 6.70. The molecule has 108 valence electrons. The zero-order valence-corrected chi connectivity index (χ0v) is 11.6. The highest BCUT2D eigenvalue weighted by Crippen LogP contribution is 2.21. The molecule has 1 saturated heterocycles. The van der Waals surface area contributed by atoms with E-state index >= 15 is 0 Å². The number of amides is 2. The van der Waals surface area contributed by atoms with E-state index in [9.17, 15) is 14.4 Å². The maximum Gasteiger partial charge on any atom is 0.264 e. The summed E-state index contributed by atoms with van der Waals surface area (Å²) in [5, 5.41) is 9.14. The van der Waals surface area contributed by atoms with E-state index in [0.717, 1.165) is 19.3 Å². The molecule has 2 amide bonds. The topological polar surface area (TPSA) is 74.7 Å². The number of Topliss-reactive ketones (excluding diaryl/α,β-unsaturated/α-hetero) is 1. The second-order valence-electron chi connectivity index (χ2n) is 5.14. The summed E-state index contributed by atoms with van der Waals surface area (Å²) in [5.41, 5.74) is 0. The summed E-state index contributed by atoms with van der Waals surface area (Å²) in [6.07, 6.45) is 7.89. The smallest absolute Gasteiger partial charge is 0.264 e. The normalized spacial score (nSPS) is 19.3. The average molecular weight is 269 g/mol. The van der Waals surface area contributed by atoms with Crippen molar-refractivity contribution in [1.82, 2.24) is 5.06 Å². The maximum absolute atomic E-state index is 11.8. The molecule has 1 unspecified atom stereocenters. The summed E-state index contributed by atoms with van der Waals surface area (Å²) in [4.78, 5) is 34.2. The summed E-state index contributed by atoms with van der Waals surface area (Å²) in [6.45, 7) is 2.17. The van der Waals surface area contributed by atoms with Crippen LogP contribution in [-0.2, 0) is 14.4 Å². The Balaban J connectivity index is 2.15. The van der Waals surface area contributed by atoms with Crippen molar-refractivity contribution in [3.8, 4) is 0 Å². The van der Waals surface area contributed by atoms with Crippen LogP contribution in [0.4, 0.5) is 0 Å². The van der Waals surface area contributed by atoms with Crippen LogP contribution >= 0.6 is 0 Å². The predicted molar refractivity (Wildman–Crippen MR) is 69.4 cm³/mol. The standard InChI is InChI=1S/C14H23NO4/c1-2-3-4-5-6-7-8-9-12(16)11-10-13(17)15(19)14(11)18/h11,19H,2-10H2,1H3. The molecule has 1 fully saturated rings. The number of hydrogen-bond donors (Lipinski definition) is 1. The van der Waals surface area contributed by atoms with Crippen LogP contribution in [0.5, 0.6) is 0 Å². The third-order valence-corrected chi connectivity index (χ3v) is 3.54. The van der Waals surface area contributed by atoms with Crippen LogP contribution in [0.3, 0.4) is 0 Å². The molecule has 19 heavy (non-hydrogen) atoms. The van der Waals surface area contributed by atoms with Crippen LogP contribution in [0.25, 0.3) is 0 Å². The van der Waals surface area contributed by atoms with Gasteiger partial charge in [0.05, 0.1) is 0 Å². The molecule has 1 N–H and O–H groups in total. The third-order valence-electron chi connectivity index (χ3n) is 3.54. The van der Waals surface area contributed by atoms with E-state index in [1.165, 1.54) is 25.7 Å².